The number of halogens is 2. The van der Waals surface area contributed by atoms with Gasteiger partial charge in [0.2, 0.25) is 0 Å². The van der Waals surface area contributed by atoms with Gasteiger partial charge in [-0.15, -0.1) is 0 Å². The Morgan fingerprint density at radius 2 is 1.77 bits per heavy atom. The lowest BCUT2D eigenvalue weighted by molar-refractivity contribution is -0.122. The molecule has 1 amide bonds. The second-order valence-electron chi connectivity index (χ2n) is 4.81. The Bertz CT molecular complexity index is 653. The number of nitrogens with one attached hydrogen (secondary N) is 1. The zero-order chi connectivity index (χ0) is 16.1. The highest BCUT2D eigenvalue weighted by molar-refractivity contribution is 5.94. The molecule has 3 nitrogen and oxygen atoms in total. The van der Waals surface area contributed by atoms with E-state index >= 15 is 0 Å². The van der Waals surface area contributed by atoms with Crippen LogP contribution in [0.2, 0.25) is 0 Å². The number of carbonyl (C=O) groups is 1. The van der Waals surface area contributed by atoms with Crippen molar-refractivity contribution >= 4 is 11.6 Å². The zero-order valence-corrected chi connectivity index (χ0v) is 12.4. The smallest absolute Gasteiger partial charge is 0.265 e. The Hall–Kier alpha value is -2.43. The summed E-state index contributed by atoms with van der Waals surface area (Å²) >= 11 is 0. The molecule has 0 aliphatic carbocycles. The van der Waals surface area contributed by atoms with E-state index in [0.29, 0.717) is 5.75 Å². The minimum absolute atomic E-state index is 0.466. The molecule has 5 heteroatoms. The number of hydrogen-bond donors (Lipinski definition) is 1. The number of hydrogen-bond acceptors (Lipinski definition) is 2. The van der Waals surface area contributed by atoms with Gasteiger partial charge in [0.25, 0.3) is 5.91 Å². The molecule has 2 aromatic carbocycles. The van der Waals surface area contributed by atoms with Crippen LogP contribution in [0.15, 0.2) is 42.5 Å². The van der Waals surface area contributed by atoms with Gasteiger partial charge in [-0.3, -0.25) is 4.79 Å². The number of aryl methyl sites for hydroxylation is 1. The van der Waals surface area contributed by atoms with Crippen molar-refractivity contribution in [2.45, 2.75) is 26.4 Å². The van der Waals surface area contributed by atoms with Crippen molar-refractivity contribution in [1.82, 2.24) is 0 Å². The summed E-state index contributed by atoms with van der Waals surface area (Å²) in [7, 11) is 0. The van der Waals surface area contributed by atoms with Crippen LogP contribution in [-0.4, -0.2) is 12.0 Å². The quantitative estimate of drug-likeness (QED) is 0.909. The van der Waals surface area contributed by atoms with Gasteiger partial charge in [-0.05, 0) is 37.1 Å². The van der Waals surface area contributed by atoms with Gasteiger partial charge in [0.15, 0.2) is 6.10 Å². The van der Waals surface area contributed by atoms with Crippen LogP contribution in [0.3, 0.4) is 0 Å². The molecule has 0 unspecified atom stereocenters. The zero-order valence-electron chi connectivity index (χ0n) is 12.4. The van der Waals surface area contributed by atoms with Crippen LogP contribution in [0, 0.1) is 11.6 Å². The van der Waals surface area contributed by atoms with Crippen molar-refractivity contribution in [3.8, 4) is 5.75 Å². The summed E-state index contributed by atoms with van der Waals surface area (Å²) in [4.78, 5) is 12.1. The number of benzene rings is 2. The lowest BCUT2D eigenvalue weighted by Crippen LogP contribution is -2.31. The Kier molecular flexibility index (Phi) is 5.09. The third-order valence-electron chi connectivity index (χ3n) is 3.24. The van der Waals surface area contributed by atoms with Gasteiger partial charge in [-0.25, -0.2) is 8.78 Å². The topological polar surface area (TPSA) is 38.3 Å². The van der Waals surface area contributed by atoms with Crippen molar-refractivity contribution in [3.05, 3.63) is 59.7 Å². The first-order valence-corrected chi connectivity index (χ1v) is 7.02. The Balaban J connectivity index is 2.10. The molecule has 1 atom stereocenters. The maximum Gasteiger partial charge on any atom is 0.265 e. The van der Waals surface area contributed by atoms with E-state index < -0.39 is 29.3 Å². The summed E-state index contributed by atoms with van der Waals surface area (Å²) < 4.78 is 32.6. The van der Waals surface area contributed by atoms with Gasteiger partial charge in [-0.1, -0.05) is 31.2 Å². The fraction of sp³-hybridized carbons (Fsp3) is 0.235. The molecular weight excluding hydrogens is 288 g/mol. The van der Waals surface area contributed by atoms with Gasteiger partial charge in [0, 0.05) is 0 Å². The molecule has 2 aromatic rings. The van der Waals surface area contributed by atoms with Crippen molar-refractivity contribution in [2.75, 3.05) is 5.32 Å². The lowest BCUT2D eigenvalue weighted by atomic mass is 10.1. The average molecular weight is 305 g/mol. The third kappa shape index (κ3) is 3.61. The van der Waals surface area contributed by atoms with Crippen molar-refractivity contribution in [3.63, 3.8) is 0 Å². The molecule has 0 bridgehead atoms. The predicted octanol–water partition coefficient (Wildman–Crippen LogP) is 3.93. The molecule has 22 heavy (non-hydrogen) atoms. The van der Waals surface area contributed by atoms with E-state index in [9.17, 15) is 13.6 Å². The molecule has 0 saturated heterocycles. The Labute approximate surface area is 127 Å². The van der Waals surface area contributed by atoms with Crippen LogP contribution < -0.4 is 10.1 Å². The van der Waals surface area contributed by atoms with Crippen LogP contribution in [0.4, 0.5) is 14.5 Å². The molecule has 1 N–H and O–H groups in total. The third-order valence-corrected chi connectivity index (χ3v) is 3.24. The first-order valence-electron chi connectivity index (χ1n) is 7.02. The van der Waals surface area contributed by atoms with Crippen LogP contribution in [-0.2, 0) is 11.2 Å². The van der Waals surface area contributed by atoms with Crippen LogP contribution in [0.1, 0.15) is 19.4 Å². The monoisotopic (exact) mass is 305 g/mol. The normalized spacial score (nSPS) is 11.8. The van der Waals surface area contributed by atoms with Crippen molar-refractivity contribution < 1.29 is 18.3 Å². The summed E-state index contributed by atoms with van der Waals surface area (Å²) in [6, 6.07) is 10.7. The van der Waals surface area contributed by atoms with Gasteiger partial charge in [0.05, 0.1) is 0 Å². The predicted molar refractivity (Wildman–Crippen MR) is 80.9 cm³/mol. The fourth-order valence-electron chi connectivity index (χ4n) is 2.00. The maximum absolute atomic E-state index is 13.5. The minimum Gasteiger partial charge on any atom is -0.481 e. The minimum atomic E-state index is -0.883. The number of rotatable bonds is 5. The molecule has 0 aliphatic heterocycles. The molecular formula is C17H17F2NO2. The number of anilines is 1. The van der Waals surface area contributed by atoms with Crippen molar-refractivity contribution in [2.24, 2.45) is 0 Å². The van der Waals surface area contributed by atoms with Gasteiger partial charge >= 0.3 is 0 Å². The number of carbonyl (C=O) groups excluding carboxylic acids is 1. The second-order valence-corrected chi connectivity index (χ2v) is 4.81. The molecule has 0 heterocycles. The standard InChI is InChI=1S/C17H17F2NO2/c1-3-12-7-4-5-10-15(12)22-11(2)17(21)20-16-13(18)8-6-9-14(16)19/h4-11H,3H2,1-2H3,(H,20,21)/t11-/m1/s1. The van der Waals surface area contributed by atoms with E-state index in [1.807, 2.05) is 19.1 Å². The molecule has 0 saturated carbocycles. The molecule has 0 radical (unpaired) electrons. The van der Waals surface area contributed by atoms with E-state index in [-0.39, 0.29) is 0 Å². The second kappa shape index (κ2) is 7.02. The SMILES string of the molecule is CCc1ccccc1O[C@H](C)C(=O)Nc1c(F)cccc1F. The van der Waals surface area contributed by atoms with Crippen LogP contribution >= 0.6 is 0 Å². The molecule has 0 aliphatic rings. The van der Waals surface area contributed by atoms with E-state index in [1.165, 1.54) is 13.0 Å². The van der Waals surface area contributed by atoms with Crippen LogP contribution in [0.5, 0.6) is 5.75 Å². The highest BCUT2D eigenvalue weighted by Crippen LogP contribution is 2.21. The lowest BCUT2D eigenvalue weighted by Gasteiger charge is -2.17. The maximum atomic E-state index is 13.5. The molecule has 0 spiro atoms. The van der Waals surface area contributed by atoms with E-state index in [2.05, 4.69) is 5.32 Å². The van der Waals surface area contributed by atoms with Crippen molar-refractivity contribution in [1.29, 1.82) is 0 Å². The highest BCUT2D eigenvalue weighted by atomic mass is 19.1. The summed E-state index contributed by atoms with van der Waals surface area (Å²) in [6.45, 7) is 3.50. The summed E-state index contributed by atoms with van der Waals surface area (Å²) in [5, 5.41) is 2.22. The Morgan fingerprint density at radius 3 is 2.41 bits per heavy atom. The van der Waals surface area contributed by atoms with Gasteiger partial charge in [0.1, 0.15) is 23.1 Å². The van der Waals surface area contributed by atoms with Crippen LogP contribution in [0.25, 0.3) is 0 Å². The fourth-order valence-corrected chi connectivity index (χ4v) is 2.00. The molecule has 0 aromatic heterocycles. The highest BCUT2D eigenvalue weighted by Gasteiger charge is 2.19. The first-order chi connectivity index (χ1) is 10.5. The van der Waals surface area contributed by atoms with E-state index in [0.717, 1.165) is 24.1 Å². The number of ether oxygens (including phenoxy) is 1. The molecule has 0 fully saturated rings. The summed E-state index contributed by atoms with van der Waals surface area (Å²) in [5.74, 6) is -1.68. The number of amides is 1. The molecule has 2 rings (SSSR count). The largest absolute Gasteiger partial charge is 0.481 e. The first kappa shape index (κ1) is 15.9. The Morgan fingerprint density at radius 1 is 1.14 bits per heavy atom. The van der Waals surface area contributed by atoms with Gasteiger partial charge in [-0.2, -0.15) is 0 Å². The van der Waals surface area contributed by atoms with E-state index in [4.69, 9.17) is 4.74 Å². The summed E-state index contributed by atoms with van der Waals surface area (Å²) in [5.41, 5.74) is 0.492. The number of para-hydroxylation sites is 2. The van der Waals surface area contributed by atoms with Gasteiger partial charge < -0.3 is 10.1 Å². The van der Waals surface area contributed by atoms with E-state index in [1.54, 1.807) is 12.1 Å². The molecule has 116 valence electrons. The summed E-state index contributed by atoms with van der Waals surface area (Å²) in [6.07, 6.45) is -0.126. The average Bonchev–Trinajstić information content (AvgIpc) is 2.51.